The molecule has 1 saturated heterocycles. The van der Waals surface area contributed by atoms with E-state index in [1.54, 1.807) is 11.7 Å². The van der Waals surface area contributed by atoms with Crippen molar-refractivity contribution in [3.8, 4) is 10.6 Å². The number of likely N-dealkylation sites (N-methyl/N-ethyl adjacent to an activating group) is 1. The Hall–Kier alpha value is -2.06. The second kappa shape index (κ2) is 6.68. The highest BCUT2D eigenvalue weighted by Crippen LogP contribution is 2.31. The molecule has 8 heteroatoms. The van der Waals surface area contributed by atoms with Gasteiger partial charge in [0.05, 0.1) is 25.7 Å². The Morgan fingerprint density at radius 2 is 2.04 bits per heavy atom. The molecule has 0 radical (unpaired) electrons. The summed E-state index contributed by atoms with van der Waals surface area (Å²) < 4.78 is 5.87. The monoisotopic (exact) mass is 362 g/mol. The molecule has 0 spiro atoms. The fourth-order valence-corrected chi connectivity index (χ4v) is 3.35. The first-order valence-electron chi connectivity index (χ1n) is 8.33. The lowest BCUT2D eigenvalue weighted by Gasteiger charge is -2.40. The Bertz CT molecular complexity index is 734. The highest BCUT2D eigenvalue weighted by molar-refractivity contribution is 7.12. The number of anilines is 1. The molecule has 0 aromatic carbocycles. The Labute approximate surface area is 151 Å². The van der Waals surface area contributed by atoms with Crippen molar-refractivity contribution >= 4 is 23.2 Å². The number of piperazine rings is 1. The van der Waals surface area contributed by atoms with Crippen LogP contribution in [-0.4, -0.2) is 64.6 Å². The number of pyridine rings is 1. The van der Waals surface area contributed by atoms with Crippen molar-refractivity contribution in [3.63, 3.8) is 0 Å². The van der Waals surface area contributed by atoms with Gasteiger partial charge in [-0.15, -0.1) is 10.2 Å². The van der Waals surface area contributed by atoms with E-state index in [4.69, 9.17) is 4.74 Å². The molecule has 0 unspecified atom stereocenters. The van der Waals surface area contributed by atoms with E-state index >= 15 is 0 Å². The number of amides is 1. The molecule has 2 aromatic rings. The van der Waals surface area contributed by atoms with Crippen molar-refractivity contribution in [2.45, 2.75) is 26.4 Å². The van der Waals surface area contributed by atoms with Gasteiger partial charge in [0.2, 0.25) is 0 Å². The molecule has 7 nitrogen and oxygen atoms in total. The van der Waals surface area contributed by atoms with E-state index in [2.05, 4.69) is 20.1 Å². The number of rotatable bonds is 2. The van der Waals surface area contributed by atoms with Crippen molar-refractivity contribution in [2.24, 2.45) is 0 Å². The summed E-state index contributed by atoms with van der Waals surface area (Å²) in [5.41, 5.74) is 2.23. The predicted octanol–water partition coefficient (Wildman–Crippen LogP) is 2.80. The van der Waals surface area contributed by atoms with Gasteiger partial charge in [0, 0.05) is 6.20 Å². The number of quaternary nitrogens is 1. The first-order valence-corrected chi connectivity index (χ1v) is 9.21. The van der Waals surface area contributed by atoms with Gasteiger partial charge in [0.15, 0.2) is 5.01 Å². The van der Waals surface area contributed by atoms with Crippen molar-refractivity contribution in [2.75, 3.05) is 38.1 Å². The van der Waals surface area contributed by atoms with Gasteiger partial charge in [0.1, 0.15) is 30.0 Å². The highest BCUT2D eigenvalue weighted by Gasteiger charge is 2.40. The maximum Gasteiger partial charge on any atom is 0.516 e. The van der Waals surface area contributed by atoms with Crippen LogP contribution in [0.2, 0.25) is 0 Å². The molecule has 0 N–H and O–H groups in total. The van der Waals surface area contributed by atoms with E-state index in [1.807, 2.05) is 40.0 Å². The SMILES string of the molecule is CC(C)(C)OC(=O)[N+]1(C)CCN(c2ncccc2-c2nncs2)CC1. The smallest absolute Gasteiger partial charge is 0.414 e. The topological polar surface area (TPSA) is 68.2 Å². The van der Waals surface area contributed by atoms with Gasteiger partial charge in [-0.2, -0.15) is 4.79 Å². The molecule has 0 bridgehead atoms. The molecular weight excluding hydrogens is 338 g/mol. The van der Waals surface area contributed by atoms with Crippen molar-refractivity contribution in [1.82, 2.24) is 15.2 Å². The third-order valence-corrected chi connectivity index (χ3v) is 4.96. The molecule has 3 rings (SSSR count). The van der Waals surface area contributed by atoms with Crippen LogP contribution >= 0.6 is 11.3 Å². The van der Waals surface area contributed by atoms with Crippen molar-refractivity contribution in [1.29, 1.82) is 0 Å². The number of aromatic nitrogens is 3. The lowest BCUT2D eigenvalue weighted by atomic mass is 10.2. The molecule has 2 aromatic heterocycles. The van der Waals surface area contributed by atoms with Gasteiger partial charge < -0.3 is 9.64 Å². The standard InChI is InChI=1S/C17H24N5O2S/c1-17(2,3)24-16(23)22(4)10-8-21(9-11-22)14-13(6-5-7-18-14)15-20-19-12-25-15/h5-7,12H,8-11H2,1-4H3/q+1. The van der Waals surface area contributed by atoms with Crippen LogP contribution in [0.25, 0.3) is 10.6 Å². The fraction of sp³-hybridized carbons (Fsp3) is 0.529. The first kappa shape index (κ1) is 17.8. The molecule has 1 aliphatic rings. The van der Waals surface area contributed by atoms with Gasteiger partial charge >= 0.3 is 6.09 Å². The van der Waals surface area contributed by atoms with Crippen LogP contribution in [0.1, 0.15) is 20.8 Å². The lowest BCUT2D eigenvalue weighted by Crippen LogP contribution is -2.61. The van der Waals surface area contributed by atoms with E-state index in [0.717, 1.165) is 29.5 Å². The number of carbonyl (C=O) groups excluding carboxylic acids is 1. The molecule has 0 atom stereocenters. The van der Waals surface area contributed by atoms with E-state index in [0.29, 0.717) is 13.1 Å². The summed E-state index contributed by atoms with van der Waals surface area (Å²) in [5, 5.41) is 8.95. The average molecular weight is 362 g/mol. The van der Waals surface area contributed by atoms with E-state index in [9.17, 15) is 4.79 Å². The normalized spacial score (nSPS) is 17.4. The number of nitrogens with zero attached hydrogens (tertiary/aromatic N) is 5. The summed E-state index contributed by atoms with van der Waals surface area (Å²) in [5.74, 6) is 0.898. The number of hydrogen-bond donors (Lipinski definition) is 0. The van der Waals surface area contributed by atoms with E-state index in [-0.39, 0.29) is 10.6 Å². The maximum atomic E-state index is 12.5. The van der Waals surface area contributed by atoms with Crippen LogP contribution in [0.5, 0.6) is 0 Å². The molecule has 0 aliphatic carbocycles. The third-order valence-electron chi connectivity index (χ3n) is 4.24. The van der Waals surface area contributed by atoms with Crippen LogP contribution in [0, 0.1) is 0 Å². The van der Waals surface area contributed by atoms with E-state index < -0.39 is 5.60 Å². The number of ether oxygens (including phenoxy) is 1. The molecule has 134 valence electrons. The van der Waals surface area contributed by atoms with Crippen LogP contribution in [-0.2, 0) is 4.74 Å². The highest BCUT2D eigenvalue weighted by atomic mass is 32.1. The van der Waals surface area contributed by atoms with Gasteiger partial charge in [-0.1, -0.05) is 11.3 Å². The molecule has 0 saturated carbocycles. The summed E-state index contributed by atoms with van der Waals surface area (Å²) in [6.45, 7) is 8.53. The fourth-order valence-electron chi connectivity index (χ4n) is 2.78. The average Bonchev–Trinajstić information content (AvgIpc) is 3.08. The molecule has 1 fully saturated rings. The molecular formula is C17H24N5O2S+. The van der Waals surface area contributed by atoms with Crippen LogP contribution in [0.3, 0.4) is 0 Å². The zero-order valence-corrected chi connectivity index (χ0v) is 15.9. The summed E-state index contributed by atoms with van der Waals surface area (Å²) in [6.07, 6.45) is 1.62. The van der Waals surface area contributed by atoms with Gasteiger partial charge in [-0.05, 0) is 32.9 Å². The van der Waals surface area contributed by atoms with Crippen LogP contribution in [0.4, 0.5) is 10.6 Å². The summed E-state index contributed by atoms with van der Waals surface area (Å²) in [6, 6.07) is 3.92. The molecule has 3 heterocycles. The molecule has 1 aliphatic heterocycles. The minimum Gasteiger partial charge on any atom is -0.414 e. The quantitative estimate of drug-likeness (QED) is 0.765. The molecule has 1 amide bonds. The van der Waals surface area contributed by atoms with Gasteiger partial charge in [-0.25, -0.2) is 9.47 Å². The Balaban J connectivity index is 1.74. The second-order valence-corrected chi connectivity index (χ2v) is 8.26. The largest absolute Gasteiger partial charge is 0.516 e. The number of hydrogen-bond acceptors (Lipinski definition) is 7. The first-order chi connectivity index (χ1) is 11.8. The maximum absolute atomic E-state index is 12.5. The lowest BCUT2D eigenvalue weighted by molar-refractivity contribution is -0.839. The third kappa shape index (κ3) is 3.96. The summed E-state index contributed by atoms with van der Waals surface area (Å²) in [7, 11) is 1.94. The van der Waals surface area contributed by atoms with Crippen LogP contribution < -0.4 is 4.90 Å². The Morgan fingerprint density at radius 3 is 2.64 bits per heavy atom. The minimum atomic E-state index is -0.471. The zero-order valence-electron chi connectivity index (χ0n) is 15.1. The summed E-state index contributed by atoms with van der Waals surface area (Å²) >= 11 is 1.50. The predicted molar refractivity (Wildman–Crippen MR) is 97.5 cm³/mol. The molecule has 25 heavy (non-hydrogen) atoms. The van der Waals surface area contributed by atoms with Gasteiger partial charge in [0.25, 0.3) is 0 Å². The van der Waals surface area contributed by atoms with Crippen molar-refractivity contribution < 1.29 is 14.0 Å². The van der Waals surface area contributed by atoms with Crippen molar-refractivity contribution in [3.05, 3.63) is 23.8 Å². The summed E-state index contributed by atoms with van der Waals surface area (Å²) in [4.78, 5) is 19.3. The number of carbonyl (C=O) groups is 1. The Kier molecular flexibility index (Phi) is 4.75. The zero-order chi connectivity index (χ0) is 18.1. The second-order valence-electron chi connectivity index (χ2n) is 7.43. The minimum absolute atomic E-state index is 0.169. The van der Waals surface area contributed by atoms with Gasteiger partial charge in [-0.3, -0.25) is 0 Å². The van der Waals surface area contributed by atoms with E-state index in [1.165, 1.54) is 11.3 Å². The van der Waals surface area contributed by atoms with Crippen LogP contribution in [0.15, 0.2) is 23.8 Å². The Morgan fingerprint density at radius 1 is 1.32 bits per heavy atom.